The van der Waals surface area contributed by atoms with Crippen molar-refractivity contribution in [2.75, 3.05) is 0 Å². The quantitative estimate of drug-likeness (QED) is 0.154. The summed E-state index contributed by atoms with van der Waals surface area (Å²) in [6, 6.07) is 39.6. The van der Waals surface area contributed by atoms with E-state index in [-0.39, 0.29) is 28.4 Å². The summed E-state index contributed by atoms with van der Waals surface area (Å²) < 4.78 is 0. The fraction of sp³-hybridized carbons (Fsp3) is 0.189. The fourth-order valence-corrected chi connectivity index (χ4v) is 5.21. The van der Waals surface area contributed by atoms with Crippen LogP contribution >= 0.6 is 0 Å². The highest BCUT2D eigenvalue weighted by molar-refractivity contribution is 5.51. The van der Waals surface area contributed by atoms with Crippen molar-refractivity contribution in [3.8, 4) is 23.0 Å². The normalized spacial score (nSPS) is 11.2. The van der Waals surface area contributed by atoms with Crippen LogP contribution in [0.3, 0.4) is 0 Å². The lowest BCUT2D eigenvalue weighted by Gasteiger charge is -2.32. The molecule has 5 aromatic rings. The summed E-state index contributed by atoms with van der Waals surface area (Å²) in [5.74, 6) is 1.96. The summed E-state index contributed by atoms with van der Waals surface area (Å²) in [4.78, 5) is 0. The first-order chi connectivity index (χ1) is 19.7. The molecule has 0 aromatic heterocycles. The number of aromatic hydroxyl groups is 4. The second-order valence-electron chi connectivity index (χ2n) is 10.9. The molecule has 4 heteroatoms. The minimum Gasteiger partial charge on any atom is -0.508 e. The molecule has 0 heterocycles. The molecular formula is C37H38O4. The smallest absolute Gasteiger partial charge is 0.115 e. The Hall–Kier alpha value is -4.70. The Kier molecular flexibility index (Phi) is 9.36. The van der Waals surface area contributed by atoms with E-state index in [1.54, 1.807) is 48.5 Å². The topological polar surface area (TPSA) is 80.9 Å². The van der Waals surface area contributed by atoms with E-state index < -0.39 is 0 Å². The van der Waals surface area contributed by atoms with Crippen LogP contribution < -0.4 is 0 Å². The van der Waals surface area contributed by atoms with Crippen LogP contribution in [-0.4, -0.2) is 20.4 Å². The highest BCUT2D eigenvalue weighted by Crippen LogP contribution is 2.39. The molecule has 0 fully saturated rings. The Morgan fingerprint density at radius 1 is 0.463 bits per heavy atom. The van der Waals surface area contributed by atoms with Gasteiger partial charge in [-0.25, -0.2) is 0 Å². The van der Waals surface area contributed by atoms with Gasteiger partial charge in [-0.15, -0.1) is 0 Å². The largest absolute Gasteiger partial charge is 0.508 e. The molecule has 0 bridgehead atoms. The SMILES string of the molecule is CC(C)CC(c1ccc(O)cc1)c1ccc(O)cc1.CC(c1ccccc1)(c1ccc(O)cc1)c1ccc(O)cc1. The summed E-state index contributed by atoms with van der Waals surface area (Å²) in [6.07, 6.45) is 1.04. The van der Waals surface area contributed by atoms with Crippen LogP contribution in [0.4, 0.5) is 0 Å². The predicted molar refractivity (Wildman–Crippen MR) is 166 cm³/mol. The molecule has 0 radical (unpaired) electrons. The van der Waals surface area contributed by atoms with E-state index >= 15 is 0 Å². The Labute approximate surface area is 242 Å². The third-order valence-corrected chi connectivity index (χ3v) is 7.54. The number of phenolic OH excluding ortho intramolecular Hbond substituents is 4. The maximum absolute atomic E-state index is 9.57. The molecule has 4 N–H and O–H groups in total. The van der Waals surface area contributed by atoms with Crippen molar-refractivity contribution in [1.29, 1.82) is 0 Å². The Morgan fingerprint density at radius 3 is 1.12 bits per heavy atom. The van der Waals surface area contributed by atoms with E-state index in [0.29, 0.717) is 11.8 Å². The molecule has 0 atom stereocenters. The van der Waals surface area contributed by atoms with Crippen LogP contribution in [0.5, 0.6) is 23.0 Å². The minimum absolute atomic E-state index is 0.255. The molecule has 0 saturated carbocycles. The first-order valence-electron chi connectivity index (χ1n) is 13.9. The molecule has 5 aromatic carbocycles. The average Bonchev–Trinajstić information content (AvgIpc) is 2.98. The zero-order valence-corrected chi connectivity index (χ0v) is 23.8. The Bertz CT molecular complexity index is 1400. The highest BCUT2D eigenvalue weighted by Gasteiger charge is 2.31. The molecule has 0 amide bonds. The van der Waals surface area contributed by atoms with Crippen LogP contribution in [0.1, 0.15) is 60.9 Å². The third-order valence-electron chi connectivity index (χ3n) is 7.54. The second kappa shape index (κ2) is 13.1. The summed E-state index contributed by atoms with van der Waals surface area (Å²) in [5, 5.41) is 37.9. The van der Waals surface area contributed by atoms with Crippen molar-refractivity contribution in [2.45, 2.75) is 38.5 Å². The third kappa shape index (κ3) is 7.29. The van der Waals surface area contributed by atoms with Crippen molar-refractivity contribution in [3.05, 3.63) is 155 Å². The summed E-state index contributed by atoms with van der Waals surface area (Å²) in [6.45, 7) is 6.56. The van der Waals surface area contributed by atoms with Crippen LogP contribution in [0.25, 0.3) is 0 Å². The summed E-state index contributed by atoms with van der Waals surface area (Å²) in [7, 11) is 0. The Morgan fingerprint density at radius 2 is 0.780 bits per heavy atom. The molecule has 210 valence electrons. The minimum atomic E-state index is -0.358. The van der Waals surface area contributed by atoms with Gasteiger partial charge in [-0.2, -0.15) is 0 Å². The highest BCUT2D eigenvalue weighted by atomic mass is 16.3. The molecule has 0 aliphatic heterocycles. The van der Waals surface area contributed by atoms with Crippen molar-refractivity contribution in [1.82, 2.24) is 0 Å². The van der Waals surface area contributed by atoms with Crippen LogP contribution in [0, 0.1) is 5.92 Å². The lowest BCUT2D eigenvalue weighted by Crippen LogP contribution is -2.25. The first kappa shape index (κ1) is 29.3. The van der Waals surface area contributed by atoms with Crippen LogP contribution in [0.2, 0.25) is 0 Å². The van der Waals surface area contributed by atoms with Crippen molar-refractivity contribution < 1.29 is 20.4 Å². The van der Waals surface area contributed by atoms with Gasteiger partial charge >= 0.3 is 0 Å². The molecule has 5 rings (SSSR count). The van der Waals surface area contributed by atoms with E-state index in [1.165, 1.54) is 11.1 Å². The maximum Gasteiger partial charge on any atom is 0.115 e. The fourth-order valence-electron chi connectivity index (χ4n) is 5.21. The average molecular weight is 547 g/mol. The van der Waals surface area contributed by atoms with Gasteiger partial charge in [-0.3, -0.25) is 0 Å². The van der Waals surface area contributed by atoms with Gasteiger partial charge in [-0.1, -0.05) is 92.7 Å². The van der Waals surface area contributed by atoms with Crippen LogP contribution in [0.15, 0.2) is 127 Å². The van der Waals surface area contributed by atoms with Gasteiger partial charge in [0.15, 0.2) is 0 Å². The lowest BCUT2D eigenvalue weighted by molar-refractivity contribution is 0.473. The molecule has 0 aliphatic carbocycles. The molecule has 0 spiro atoms. The molecular weight excluding hydrogens is 508 g/mol. The van der Waals surface area contributed by atoms with E-state index in [4.69, 9.17) is 0 Å². The number of benzene rings is 5. The van der Waals surface area contributed by atoms with Gasteiger partial charge in [0.25, 0.3) is 0 Å². The van der Waals surface area contributed by atoms with Gasteiger partial charge in [0.1, 0.15) is 23.0 Å². The zero-order chi connectivity index (χ0) is 29.4. The van der Waals surface area contributed by atoms with Crippen molar-refractivity contribution in [3.63, 3.8) is 0 Å². The first-order valence-corrected chi connectivity index (χ1v) is 13.9. The van der Waals surface area contributed by atoms with Crippen molar-refractivity contribution in [2.24, 2.45) is 5.92 Å². The molecule has 41 heavy (non-hydrogen) atoms. The standard InChI is InChI=1S/C20H18O2.C17H20O2/c1-20(15-5-3-2-4-6-15,16-7-11-18(21)12-8-16)17-9-13-19(22)14-10-17;1-12(2)11-17(13-3-7-15(18)8-4-13)14-5-9-16(19)10-6-14/h2-14,21-22H,1H3;3-10,12,17-19H,11H2,1-2H3. The van der Waals surface area contributed by atoms with Gasteiger partial charge in [0.05, 0.1) is 0 Å². The van der Waals surface area contributed by atoms with Gasteiger partial charge in [-0.05, 0) is 95.6 Å². The molecule has 0 saturated heterocycles. The van der Waals surface area contributed by atoms with Gasteiger partial charge in [0, 0.05) is 11.3 Å². The monoisotopic (exact) mass is 546 g/mol. The Balaban J connectivity index is 0.000000191. The van der Waals surface area contributed by atoms with Crippen molar-refractivity contribution >= 4 is 0 Å². The summed E-state index contributed by atoms with van der Waals surface area (Å²) in [5.41, 5.74) is 5.35. The number of hydrogen-bond acceptors (Lipinski definition) is 4. The van der Waals surface area contributed by atoms with Gasteiger partial charge < -0.3 is 20.4 Å². The number of phenols is 4. The molecule has 4 nitrogen and oxygen atoms in total. The molecule has 0 aliphatic rings. The maximum atomic E-state index is 9.57. The van der Waals surface area contributed by atoms with E-state index in [1.807, 2.05) is 66.7 Å². The number of hydrogen-bond donors (Lipinski definition) is 4. The summed E-state index contributed by atoms with van der Waals surface area (Å²) >= 11 is 0. The second-order valence-corrected chi connectivity index (χ2v) is 10.9. The van der Waals surface area contributed by atoms with Crippen LogP contribution in [-0.2, 0) is 5.41 Å². The van der Waals surface area contributed by atoms with E-state index in [0.717, 1.165) is 23.1 Å². The van der Waals surface area contributed by atoms with Gasteiger partial charge in [0.2, 0.25) is 0 Å². The number of rotatable bonds is 7. The lowest BCUT2D eigenvalue weighted by atomic mass is 9.71. The predicted octanol–water partition coefficient (Wildman–Crippen LogP) is 8.73. The van der Waals surface area contributed by atoms with E-state index in [9.17, 15) is 20.4 Å². The zero-order valence-electron chi connectivity index (χ0n) is 23.8. The van der Waals surface area contributed by atoms with E-state index in [2.05, 4.69) is 32.9 Å². The molecule has 0 unspecified atom stereocenters.